The molecule has 0 radical (unpaired) electrons. The van der Waals surface area contributed by atoms with Crippen LogP contribution < -0.4 is 21.1 Å². The van der Waals surface area contributed by atoms with Crippen molar-refractivity contribution in [1.29, 1.82) is 0 Å². The molecule has 0 fully saturated rings. The number of phenolic OH excluding ortho intramolecular Hbond substituents is 1. The first kappa shape index (κ1) is 28.9. The average Bonchev–Trinajstić information content (AvgIpc) is 2.97. The minimum Gasteiger partial charge on any atom is -0.508 e. The smallest absolute Gasteiger partial charge is 0.414 e. The number of nitrogens with one attached hydrogen (secondary N) is 2. The molecule has 9 nitrogen and oxygen atoms in total. The third-order valence-electron chi connectivity index (χ3n) is 5.75. The average molecular weight is 616 g/mol. The third kappa shape index (κ3) is 8.20. The van der Waals surface area contributed by atoms with Crippen molar-refractivity contribution in [3.63, 3.8) is 0 Å². The molecule has 0 saturated heterocycles. The van der Waals surface area contributed by atoms with Crippen LogP contribution in [0.3, 0.4) is 0 Å². The summed E-state index contributed by atoms with van der Waals surface area (Å²) in [6, 6.07) is 28.1. The Morgan fingerprint density at radius 1 is 0.878 bits per heavy atom. The number of nitrogen functional groups attached to an aromatic ring is 1. The summed E-state index contributed by atoms with van der Waals surface area (Å²) in [6.45, 7) is 0. The summed E-state index contributed by atoms with van der Waals surface area (Å²) < 4.78 is 12.4. The summed E-state index contributed by atoms with van der Waals surface area (Å²) in [7, 11) is 0. The molecule has 0 heterocycles. The quantitative estimate of drug-likeness (QED) is 0.134. The Labute approximate surface area is 244 Å². The van der Waals surface area contributed by atoms with E-state index in [1.54, 1.807) is 97.1 Å². The van der Waals surface area contributed by atoms with E-state index in [-0.39, 0.29) is 16.9 Å². The molecule has 0 aliphatic rings. The molecule has 0 aliphatic heterocycles. The number of nitrogens with two attached hydrogens (primary N) is 1. The van der Waals surface area contributed by atoms with Gasteiger partial charge in [0, 0.05) is 21.7 Å². The molecule has 2 atom stereocenters. The Kier molecular flexibility index (Phi) is 9.74. The molecule has 4 aromatic carbocycles. The third-order valence-corrected chi connectivity index (χ3v) is 6.24. The van der Waals surface area contributed by atoms with E-state index in [1.165, 1.54) is 18.2 Å². The number of halogens is 1. The van der Waals surface area contributed by atoms with Crippen LogP contribution in [-0.4, -0.2) is 29.1 Å². The number of anilines is 2. The molecule has 0 aliphatic carbocycles. The van der Waals surface area contributed by atoms with Gasteiger partial charge in [-0.25, -0.2) is 4.79 Å². The van der Waals surface area contributed by atoms with Gasteiger partial charge in [0.05, 0.1) is 11.4 Å². The van der Waals surface area contributed by atoms with Gasteiger partial charge in [-0.3, -0.25) is 14.9 Å². The first-order valence-electron chi connectivity index (χ1n) is 12.4. The van der Waals surface area contributed by atoms with Crippen LogP contribution >= 0.6 is 15.9 Å². The van der Waals surface area contributed by atoms with Crippen LogP contribution in [-0.2, 0) is 9.53 Å². The lowest BCUT2D eigenvalue weighted by Gasteiger charge is -2.27. The molecule has 4 aromatic rings. The van der Waals surface area contributed by atoms with Crippen molar-refractivity contribution in [3.8, 4) is 11.5 Å². The number of carbonyl (C=O) groups is 3. The maximum atomic E-state index is 13.0. The van der Waals surface area contributed by atoms with Crippen molar-refractivity contribution in [3.05, 3.63) is 131 Å². The Morgan fingerprint density at radius 3 is 2.24 bits per heavy atom. The lowest BCUT2D eigenvalue weighted by Crippen LogP contribution is -2.36. The molecule has 41 heavy (non-hydrogen) atoms. The molecule has 10 heteroatoms. The summed E-state index contributed by atoms with van der Waals surface area (Å²) in [5.41, 5.74) is 7.14. The van der Waals surface area contributed by atoms with Crippen LogP contribution in [0.2, 0.25) is 0 Å². The SMILES string of the molecule is Nc1ccccc1NC(=O)/C=C/[C@@H](Oc1ccccc1)[C@H](OC(=O)NC(=O)c1ccccc1)c1cc(Br)ccc1O. The van der Waals surface area contributed by atoms with E-state index in [0.717, 1.165) is 0 Å². The minimum atomic E-state index is -1.30. The Morgan fingerprint density at radius 2 is 1.54 bits per heavy atom. The number of hydrogen-bond donors (Lipinski definition) is 4. The van der Waals surface area contributed by atoms with Crippen LogP contribution in [0, 0.1) is 0 Å². The van der Waals surface area contributed by atoms with Crippen LogP contribution in [0.15, 0.2) is 120 Å². The Hall–Kier alpha value is -5.09. The number of para-hydroxylation sites is 3. The second-order valence-electron chi connectivity index (χ2n) is 8.68. The van der Waals surface area contributed by atoms with Gasteiger partial charge >= 0.3 is 6.09 Å². The highest BCUT2D eigenvalue weighted by Crippen LogP contribution is 2.34. The van der Waals surface area contributed by atoms with E-state index in [1.807, 2.05) is 0 Å². The van der Waals surface area contributed by atoms with Crippen LogP contribution in [0.1, 0.15) is 22.0 Å². The molecule has 0 spiro atoms. The highest BCUT2D eigenvalue weighted by molar-refractivity contribution is 9.10. The number of ether oxygens (including phenoxy) is 2. The first-order valence-corrected chi connectivity index (χ1v) is 13.2. The summed E-state index contributed by atoms with van der Waals surface area (Å²) in [5, 5.41) is 15.6. The van der Waals surface area contributed by atoms with E-state index in [4.69, 9.17) is 15.2 Å². The van der Waals surface area contributed by atoms with Crippen molar-refractivity contribution in [1.82, 2.24) is 5.32 Å². The number of hydrogen-bond acceptors (Lipinski definition) is 7. The van der Waals surface area contributed by atoms with Gasteiger partial charge in [-0.1, -0.05) is 64.5 Å². The zero-order valence-corrected chi connectivity index (χ0v) is 23.2. The normalized spacial score (nSPS) is 12.2. The topological polar surface area (TPSA) is 140 Å². The first-order chi connectivity index (χ1) is 19.8. The number of aromatic hydroxyl groups is 1. The van der Waals surface area contributed by atoms with Gasteiger partial charge in [-0.05, 0) is 60.7 Å². The molecule has 4 rings (SSSR count). The Bertz CT molecular complexity index is 1550. The van der Waals surface area contributed by atoms with E-state index >= 15 is 0 Å². The molecular formula is C31H26BrN3O6. The molecule has 5 N–H and O–H groups in total. The fraction of sp³-hybridized carbons (Fsp3) is 0.0645. The van der Waals surface area contributed by atoms with Crippen LogP contribution in [0.5, 0.6) is 11.5 Å². The maximum absolute atomic E-state index is 13.0. The van der Waals surface area contributed by atoms with Crippen molar-refractivity contribution >= 4 is 45.2 Å². The molecule has 208 valence electrons. The van der Waals surface area contributed by atoms with Crippen LogP contribution in [0.25, 0.3) is 0 Å². The molecule has 0 saturated carbocycles. The van der Waals surface area contributed by atoms with E-state index in [2.05, 4.69) is 26.6 Å². The highest BCUT2D eigenvalue weighted by Gasteiger charge is 2.31. The summed E-state index contributed by atoms with van der Waals surface area (Å²) >= 11 is 3.37. The molecule has 0 unspecified atom stereocenters. The molecule has 3 amide bonds. The number of imide groups is 1. The summed E-state index contributed by atoms with van der Waals surface area (Å²) in [5.74, 6) is -0.995. The zero-order chi connectivity index (χ0) is 29.2. The van der Waals surface area contributed by atoms with E-state index in [0.29, 0.717) is 21.6 Å². The predicted molar refractivity (Wildman–Crippen MR) is 158 cm³/mol. The Balaban J connectivity index is 1.66. The van der Waals surface area contributed by atoms with E-state index in [9.17, 15) is 19.5 Å². The fourth-order valence-electron chi connectivity index (χ4n) is 3.79. The molecular weight excluding hydrogens is 590 g/mol. The molecule has 0 aromatic heterocycles. The number of amides is 3. The van der Waals surface area contributed by atoms with Crippen LogP contribution in [0.4, 0.5) is 16.2 Å². The number of benzene rings is 4. The van der Waals surface area contributed by atoms with Gasteiger partial charge < -0.3 is 25.6 Å². The number of carbonyl (C=O) groups excluding carboxylic acids is 3. The van der Waals surface area contributed by atoms with Gasteiger partial charge in [0.15, 0.2) is 12.2 Å². The van der Waals surface area contributed by atoms with Gasteiger partial charge in [0.1, 0.15) is 11.5 Å². The number of alkyl carbamates (subject to hydrolysis) is 1. The monoisotopic (exact) mass is 615 g/mol. The largest absolute Gasteiger partial charge is 0.508 e. The standard InChI is InChI=1S/C31H26BrN3O6/c32-21-15-16-26(36)23(19-21)29(41-31(39)35-30(38)20-9-3-1-4-10-20)27(40-22-11-5-2-6-12-22)17-18-28(37)34-25-14-8-7-13-24(25)33/h1-19,27,29,36H,33H2,(H,34,37)(H,35,38,39)/b18-17+/t27-,29-/m1/s1. The fourth-order valence-corrected chi connectivity index (χ4v) is 4.16. The van der Waals surface area contributed by atoms with Gasteiger partial charge in [0.25, 0.3) is 5.91 Å². The van der Waals surface area contributed by atoms with Crippen molar-refractivity contribution in [2.45, 2.75) is 12.2 Å². The number of rotatable bonds is 9. The number of phenols is 1. The van der Waals surface area contributed by atoms with Gasteiger partial charge in [-0.15, -0.1) is 0 Å². The summed E-state index contributed by atoms with van der Waals surface area (Å²) in [4.78, 5) is 38.3. The second-order valence-corrected chi connectivity index (χ2v) is 9.60. The lowest BCUT2D eigenvalue weighted by molar-refractivity contribution is -0.112. The second kappa shape index (κ2) is 13.8. The lowest BCUT2D eigenvalue weighted by atomic mass is 10.0. The van der Waals surface area contributed by atoms with Gasteiger partial charge in [0.2, 0.25) is 5.91 Å². The maximum Gasteiger partial charge on any atom is 0.414 e. The molecule has 0 bridgehead atoms. The van der Waals surface area contributed by atoms with Crippen molar-refractivity contribution in [2.24, 2.45) is 0 Å². The minimum absolute atomic E-state index is 0.167. The predicted octanol–water partition coefficient (Wildman–Crippen LogP) is 5.99. The van der Waals surface area contributed by atoms with Crippen molar-refractivity contribution < 1.29 is 29.0 Å². The van der Waals surface area contributed by atoms with Gasteiger partial charge in [-0.2, -0.15) is 0 Å². The van der Waals surface area contributed by atoms with Crippen molar-refractivity contribution in [2.75, 3.05) is 11.1 Å². The van der Waals surface area contributed by atoms with E-state index < -0.39 is 30.1 Å². The summed E-state index contributed by atoms with van der Waals surface area (Å²) in [6.07, 6.45) is -0.923. The zero-order valence-electron chi connectivity index (χ0n) is 21.6. The highest BCUT2D eigenvalue weighted by atomic mass is 79.9.